The largest absolute Gasteiger partial charge is 0.411 e. The summed E-state index contributed by atoms with van der Waals surface area (Å²) in [6.45, 7) is 0. The summed E-state index contributed by atoms with van der Waals surface area (Å²) in [5.41, 5.74) is 0.610. The van der Waals surface area contributed by atoms with E-state index in [1.165, 1.54) is 0 Å². The highest BCUT2D eigenvalue weighted by atomic mass is 79.9. The van der Waals surface area contributed by atoms with Crippen molar-refractivity contribution in [3.8, 4) is 0 Å². The lowest BCUT2D eigenvalue weighted by molar-refractivity contribution is 0.314. The molecular formula is C4H6Br2N2O2. The molecular weight excluding hydrogens is 268 g/mol. The first-order chi connectivity index (χ1) is 4.79. The maximum Gasteiger partial charge on any atom is 0.116 e. The minimum atomic E-state index is 0.305. The predicted molar refractivity (Wildman–Crippen MR) is 46.0 cm³/mol. The first kappa shape index (κ1) is 9.90. The number of alkyl halides is 2. The maximum absolute atomic E-state index is 8.30. The normalized spacial score (nSPS) is 13.8. The SMILES string of the molecule is O/N=C(CBr)/C(CBr)=N/O. The van der Waals surface area contributed by atoms with Crippen LogP contribution in [0.25, 0.3) is 0 Å². The summed E-state index contributed by atoms with van der Waals surface area (Å²) in [6.07, 6.45) is 0. The summed E-state index contributed by atoms with van der Waals surface area (Å²) < 4.78 is 0. The quantitative estimate of drug-likeness (QED) is 0.354. The summed E-state index contributed by atoms with van der Waals surface area (Å²) >= 11 is 6.11. The van der Waals surface area contributed by atoms with Crippen molar-refractivity contribution in [2.24, 2.45) is 10.3 Å². The number of halogens is 2. The van der Waals surface area contributed by atoms with Crippen molar-refractivity contribution >= 4 is 43.3 Å². The van der Waals surface area contributed by atoms with Gasteiger partial charge in [0, 0.05) is 0 Å². The van der Waals surface area contributed by atoms with E-state index in [-0.39, 0.29) is 0 Å². The Labute approximate surface area is 74.9 Å². The molecule has 58 valence electrons. The molecule has 0 saturated carbocycles. The maximum atomic E-state index is 8.30. The van der Waals surface area contributed by atoms with Crippen LogP contribution >= 0.6 is 31.9 Å². The minimum absolute atomic E-state index is 0.305. The van der Waals surface area contributed by atoms with Gasteiger partial charge in [0.25, 0.3) is 0 Å². The molecule has 4 nitrogen and oxygen atoms in total. The molecule has 0 aliphatic heterocycles. The Morgan fingerprint density at radius 2 is 1.30 bits per heavy atom. The molecule has 0 aromatic heterocycles. The van der Waals surface area contributed by atoms with Crippen LogP contribution in [0.4, 0.5) is 0 Å². The van der Waals surface area contributed by atoms with E-state index < -0.39 is 0 Å². The summed E-state index contributed by atoms with van der Waals surface area (Å²) in [5.74, 6) is 0. The van der Waals surface area contributed by atoms with Crippen molar-refractivity contribution < 1.29 is 10.4 Å². The van der Waals surface area contributed by atoms with Crippen LogP contribution in [0.15, 0.2) is 10.3 Å². The summed E-state index contributed by atoms with van der Waals surface area (Å²) in [7, 11) is 0. The molecule has 2 N–H and O–H groups in total. The Balaban J connectivity index is 4.27. The van der Waals surface area contributed by atoms with E-state index in [9.17, 15) is 0 Å². The number of oxime groups is 2. The molecule has 0 aromatic carbocycles. The molecule has 6 heteroatoms. The van der Waals surface area contributed by atoms with E-state index in [0.29, 0.717) is 22.1 Å². The third kappa shape index (κ3) is 2.66. The molecule has 0 fully saturated rings. The monoisotopic (exact) mass is 272 g/mol. The van der Waals surface area contributed by atoms with Crippen LogP contribution in [-0.4, -0.2) is 32.5 Å². The Morgan fingerprint density at radius 1 is 1.00 bits per heavy atom. The Hall–Kier alpha value is -0.100. The van der Waals surface area contributed by atoms with Gasteiger partial charge in [-0.25, -0.2) is 0 Å². The molecule has 10 heavy (non-hydrogen) atoms. The third-order valence-corrected chi connectivity index (χ3v) is 1.89. The highest BCUT2D eigenvalue weighted by Gasteiger charge is 2.06. The van der Waals surface area contributed by atoms with Crippen LogP contribution in [-0.2, 0) is 0 Å². The first-order valence-corrected chi connectivity index (χ1v) is 4.58. The van der Waals surface area contributed by atoms with Crippen molar-refractivity contribution in [1.82, 2.24) is 0 Å². The number of hydrogen-bond acceptors (Lipinski definition) is 4. The van der Waals surface area contributed by atoms with Crippen molar-refractivity contribution in [2.45, 2.75) is 0 Å². The van der Waals surface area contributed by atoms with E-state index >= 15 is 0 Å². The van der Waals surface area contributed by atoms with Crippen LogP contribution in [0.5, 0.6) is 0 Å². The van der Waals surface area contributed by atoms with E-state index in [2.05, 4.69) is 42.2 Å². The van der Waals surface area contributed by atoms with Gasteiger partial charge in [0.2, 0.25) is 0 Å². The van der Waals surface area contributed by atoms with E-state index in [0.717, 1.165) is 0 Å². The lowest BCUT2D eigenvalue weighted by Gasteiger charge is -1.96. The van der Waals surface area contributed by atoms with E-state index in [1.54, 1.807) is 0 Å². The molecule has 0 amide bonds. The summed E-state index contributed by atoms with van der Waals surface area (Å²) in [5, 5.41) is 23.1. The second-order valence-electron chi connectivity index (χ2n) is 1.36. The van der Waals surface area contributed by atoms with Gasteiger partial charge in [-0.15, -0.1) is 0 Å². The lowest BCUT2D eigenvalue weighted by Crippen LogP contribution is -2.17. The van der Waals surface area contributed by atoms with Gasteiger partial charge in [0.15, 0.2) is 0 Å². The number of rotatable bonds is 3. The van der Waals surface area contributed by atoms with Gasteiger partial charge in [0.1, 0.15) is 11.4 Å². The zero-order valence-corrected chi connectivity index (χ0v) is 8.13. The zero-order chi connectivity index (χ0) is 7.98. The first-order valence-electron chi connectivity index (χ1n) is 2.34. The average Bonchev–Trinajstić information content (AvgIpc) is 2.00. The zero-order valence-electron chi connectivity index (χ0n) is 4.96. The third-order valence-electron chi connectivity index (χ3n) is 0.828. The van der Waals surface area contributed by atoms with Gasteiger partial charge in [-0.1, -0.05) is 42.2 Å². The molecule has 0 aliphatic carbocycles. The summed E-state index contributed by atoms with van der Waals surface area (Å²) in [6, 6.07) is 0. The second kappa shape index (κ2) is 5.67. The predicted octanol–water partition coefficient (Wildman–Crippen LogP) is 1.44. The topological polar surface area (TPSA) is 65.2 Å². The van der Waals surface area contributed by atoms with Gasteiger partial charge in [0.05, 0.1) is 10.7 Å². The smallest absolute Gasteiger partial charge is 0.116 e. The fourth-order valence-electron chi connectivity index (χ4n) is 0.323. The molecule has 0 unspecified atom stereocenters. The highest BCUT2D eigenvalue weighted by molar-refractivity contribution is 9.10. The van der Waals surface area contributed by atoms with Crippen molar-refractivity contribution in [3.05, 3.63) is 0 Å². The van der Waals surface area contributed by atoms with Crippen molar-refractivity contribution in [2.75, 3.05) is 10.7 Å². The molecule has 0 atom stereocenters. The van der Waals surface area contributed by atoms with Crippen molar-refractivity contribution in [3.63, 3.8) is 0 Å². The molecule has 0 bridgehead atoms. The standard InChI is InChI=1S/C4H6Br2N2O2/c5-1-3(7-9)4(2-6)8-10/h9-10H,1-2H2/b7-3+,8-4+. The van der Waals surface area contributed by atoms with Crippen LogP contribution in [0.2, 0.25) is 0 Å². The average molecular weight is 274 g/mol. The number of nitrogens with zero attached hydrogens (tertiary/aromatic N) is 2. The fraction of sp³-hybridized carbons (Fsp3) is 0.500. The van der Waals surface area contributed by atoms with Gasteiger partial charge in [-0.3, -0.25) is 0 Å². The molecule has 0 spiro atoms. The van der Waals surface area contributed by atoms with Gasteiger partial charge >= 0.3 is 0 Å². The molecule has 0 rings (SSSR count). The van der Waals surface area contributed by atoms with Gasteiger partial charge < -0.3 is 10.4 Å². The van der Waals surface area contributed by atoms with Gasteiger partial charge in [-0.2, -0.15) is 0 Å². The van der Waals surface area contributed by atoms with E-state index in [4.69, 9.17) is 10.4 Å². The molecule has 0 aliphatic rings. The Morgan fingerprint density at radius 3 is 1.40 bits per heavy atom. The van der Waals surface area contributed by atoms with Crippen molar-refractivity contribution in [1.29, 1.82) is 0 Å². The van der Waals surface area contributed by atoms with Crippen LogP contribution < -0.4 is 0 Å². The fourth-order valence-corrected chi connectivity index (χ4v) is 1.19. The molecule has 0 aromatic rings. The minimum Gasteiger partial charge on any atom is -0.411 e. The van der Waals surface area contributed by atoms with Crippen LogP contribution in [0, 0.1) is 0 Å². The highest BCUT2D eigenvalue weighted by Crippen LogP contribution is 1.94. The van der Waals surface area contributed by atoms with Crippen LogP contribution in [0.3, 0.4) is 0 Å². The molecule has 0 saturated heterocycles. The Kier molecular flexibility index (Phi) is 5.61. The molecule has 0 heterocycles. The number of hydrogen-bond donors (Lipinski definition) is 2. The van der Waals surface area contributed by atoms with Crippen LogP contribution in [0.1, 0.15) is 0 Å². The van der Waals surface area contributed by atoms with E-state index in [1.807, 2.05) is 0 Å². The lowest BCUT2D eigenvalue weighted by atomic mass is 10.3. The second-order valence-corrected chi connectivity index (χ2v) is 2.48. The summed E-state index contributed by atoms with van der Waals surface area (Å²) in [4.78, 5) is 0. The molecule has 0 radical (unpaired) electrons. The van der Waals surface area contributed by atoms with Gasteiger partial charge in [-0.05, 0) is 0 Å². The Bertz CT molecular complexity index is 139.